The molecular weight excluding hydrogens is 329 g/mol. The van der Waals surface area contributed by atoms with Crippen LogP contribution in [0, 0.1) is 11.2 Å². The number of hydrogen-bond acceptors (Lipinski definition) is 4. The lowest BCUT2D eigenvalue weighted by atomic mass is 9.89. The maximum absolute atomic E-state index is 13.0. The molecule has 0 bridgehead atoms. The molecule has 4 nitrogen and oxygen atoms in total. The monoisotopic (exact) mass is 359 g/mol. The number of halogens is 1. The second-order valence-corrected chi connectivity index (χ2v) is 7.18. The van der Waals surface area contributed by atoms with Crippen LogP contribution in [-0.2, 0) is 0 Å². The first-order valence-electron chi connectivity index (χ1n) is 8.75. The molecule has 26 heavy (non-hydrogen) atoms. The van der Waals surface area contributed by atoms with Gasteiger partial charge in [0.2, 0.25) is 0 Å². The molecule has 0 heterocycles. The zero-order valence-corrected chi connectivity index (χ0v) is 16.3. The number of nitrogens with zero attached hydrogens (tertiary/aromatic N) is 2. The number of allylic oxidation sites excluding steroid dienone is 1. The van der Waals surface area contributed by atoms with E-state index in [1.807, 2.05) is 6.92 Å². The third-order valence-corrected chi connectivity index (χ3v) is 4.31. The molecule has 0 spiro atoms. The van der Waals surface area contributed by atoms with Crippen LogP contribution in [0.1, 0.15) is 52.5 Å². The maximum Gasteiger partial charge on any atom is 0.123 e. The molecule has 0 saturated carbocycles. The number of rotatable bonds is 10. The Hall–Kier alpha value is -2.43. The van der Waals surface area contributed by atoms with E-state index in [4.69, 9.17) is 5.21 Å². The van der Waals surface area contributed by atoms with E-state index in [2.05, 4.69) is 42.5 Å². The minimum Gasteiger partial charge on any atom is -0.411 e. The van der Waals surface area contributed by atoms with E-state index in [-0.39, 0.29) is 11.2 Å². The summed E-state index contributed by atoms with van der Waals surface area (Å²) >= 11 is 0. The Morgan fingerprint density at radius 1 is 1.15 bits per heavy atom. The van der Waals surface area contributed by atoms with E-state index in [9.17, 15) is 4.39 Å². The molecule has 0 aliphatic rings. The van der Waals surface area contributed by atoms with Crippen LogP contribution in [-0.4, -0.2) is 23.2 Å². The summed E-state index contributed by atoms with van der Waals surface area (Å²) in [6.45, 7) is 16.6. The molecule has 0 atom stereocenters. The molecule has 1 rings (SSSR count). The van der Waals surface area contributed by atoms with Gasteiger partial charge in [-0.05, 0) is 50.8 Å². The summed E-state index contributed by atoms with van der Waals surface area (Å²) < 4.78 is 13.0. The molecule has 0 aliphatic heterocycles. The molecule has 0 aliphatic carbocycles. The Kier molecular flexibility index (Phi) is 8.23. The number of nitrogens with one attached hydrogen (secondary N) is 1. The summed E-state index contributed by atoms with van der Waals surface area (Å²) in [7, 11) is 0. The van der Waals surface area contributed by atoms with Crippen molar-refractivity contribution < 1.29 is 9.60 Å². The molecular formula is C21H30FN3O. The van der Waals surface area contributed by atoms with Crippen molar-refractivity contribution in [2.45, 2.75) is 47.0 Å². The first-order chi connectivity index (χ1) is 12.2. The average molecular weight is 359 g/mol. The summed E-state index contributed by atoms with van der Waals surface area (Å²) in [5, 5.41) is 15.2. The summed E-state index contributed by atoms with van der Waals surface area (Å²) in [4.78, 5) is 4.61. The zero-order valence-electron chi connectivity index (χ0n) is 16.3. The Bertz CT molecular complexity index is 688. The van der Waals surface area contributed by atoms with E-state index in [1.165, 1.54) is 12.1 Å². The Balaban J connectivity index is 2.57. The minimum atomic E-state index is -0.260. The fraction of sp³-hybridized carbons (Fsp3) is 0.429. The van der Waals surface area contributed by atoms with Crippen molar-refractivity contribution in [3.05, 3.63) is 60.2 Å². The number of oxime groups is 1. The van der Waals surface area contributed by atoms with Gasteiger partial charge in [0.1, 0.15) is 5.82 Å². The van der Waals surface area contributed by atoms with E-state index in [0.717, 1.165) is 47.6 Å². The fourth-order valence-corrected chi connectivity index (χ4v) is 2.25. The van der Waals surface area contributed by atoms with Gasteiger partial charge < -0.3 is 10.5 Å². The Morgan fingerprint density at radius 2 is 1.77 bits per heavy atom. The predicted molar refractivity (Wildman–Crippen MR) is 107 cm³/mol. The van der Waals surface area contributed by atoms with Gasteiger partial charge in [0, 0.05) is 29.1 Å². The lowest BCUT2D eigenvalue weighted by Gasteiger charge is -2.26. The van der Waals surface area contributed by atoms with Crippen molar-refractivity contribution in [1.82, 2.24) is 5.32 Å². The lowest BCUT2D eigenvalue weighted by Crippen LogP contribution is -2.30. The van der Waals surface area contributed by atoms with Gasteiger partial charge in [0.25, 0.3) is 0 Å². The van der Waals surface area contributed by atoms with Crippen LogP contribution in [0.15, 0.2) is 59.0 Å². The quantitative estimate of drug-likeness (QED) is 0.338. The van der Waals surface area contributed by atoms with E-state index in [1.54, 1.807) is 19.1 Å². The predicted octanol–water partition coefficient (Wildman–Crippen LogP) is 5.30. The SMILES string of the molecule is C=C(CCC/C(C)=N/O)NCC(C)(C)C(=C)N=C(C)c1ccc(F)cc1. The molecule has 5 heteroatoms. The second kappa shape index (κ2) is 9.90. The lowest BCUT2D eigenvalue weighted by molar-refractivity contribution is 0.317. The van der Waals surface area contributed by atoms with Gasteiger partial charge in [-0.15, -0.1) is 0 Å². The minimum absolute atomic E-state index is 0.257. The Morgan fingerprint density at radius 3 is 2.35 bits per heavy atom. The third kappa shape index (κ3) is 7.21. The van der Waals surface area contributed by atoms with Gasteiger partial charge in [-0.25, -0.2) is 4.39 Å². The molecule has 0 aromatic heterocycles. The zero-order chi connectivity index (χ0) is 19.7. The van der Waals surface area contributed by atoms with Crippen molar-refractivity contribution >= 4 is 11.4 Å². The van der Waals surface area contributed by atoms with Crippen LogP contribution in [0.3, 0.4) is 0 Å². The first-order valence-corrected chi connectivity index (χ1v) is 8.75. The standard InChI is InChI=1S/C21H30FN3O/c1-15(8-7-9-16(2)25-26)23-14-21(5,6)18(4)24-17(3)19-10-12-20(22)13-11-19/h10-13,23,26H,1,4,7-9,14H2,2-3,5-6H3/b24-17?,25-16+. The van der Waals surface area contributed by atoms with Crippen molar-refractivity contribution in [3.63, 3.8) is 0 Å². The fourth-order valence-electron chi connectivity index (χ4n) is 2.25. The van der Waals surface area contributed by atoms with Crippen LogP contribution in [0.2, 0.25) is 0 Å². The molecule has 1 aromatic rings. The molecule has 0 amide bonds. The molecule has 1 aromatic carbocycles. The summed E-state index contributed by atoms with van der Waals surface area (Å²) in [6.07, 6.45) is 2.44. The van der Waals surface area contributed by atoms with Crippen LogP contribution in [0.25, 0.3) is 0 Å². The molecule has 0 saturated heterocycles. The third-order valence-electron chi connectivity index (χ3n) is 4.31. The topological polar surface area (TPSA) is 57.0 Å². The average Bonchev–Trinajstić information content (AvgIpc) is 2.60. The van der Waals surface area contributed by atoms with Gasteiger partial charge in [0.15, 0.2) is 0 Å². The highest BCUT2D eigenvalue weighted by atomic mass is 19.1. The highest BCUT2D eigenvalue weighted by Gasteiger charge is 2.22. The highest BCUT2D eigenvalue weighted by molar-refractivity contribution is 5.99. The van der Waals surface area contributed by atoms with Crippen LogP contribution in [0.4, 0.5) is 4.39 Å². The summed E-state index contributed by atoms with van der Waals surface area (Å²) in [5.41, 5.74) is 3.84. The second-order valence-electron chi connectivity index (χ2n) is 7.18. The van der Waals surface area contributed by atoms with Crippen molar-refractivity contribution in [2.75, 3.05) is 6.54 Å². The van der Waals surface area contributed by atoms with Crippen LogP contribution >= 0.6 is 0 Å². The van der Waals surface area contributed by atoms with Crippen LogP contribution < -0.4 is 5.32 Å². The van der Waals surface area contributed by atoms with Crippen molar-refractivity contribution in [1.29, 1.82) is 0 Å². The summed E-state index contributed by atoms with van der Waals surface area (Å²) in [5.74, 6) is -0.260. The molecule has 0 radical (unpaired) electrons. The highest BCUT2D eigenvalue weighted by Crippen LogP contribution is 2.26. The normalized spacial score (nSPS) is 12.8. The molecule has 142 valence electrons. The van der Waals surface area contributed by atoms with Crippen LogP contribution in [0.5, 0.6) is 0 Å². The smallest absolute Gasteiger partial charge is 0.123 e. The molecule has 0 unspecified atom stereocenters. The van der Waals surface area contributed by atoms with Crippen molar-refractivity contribution in [3.8, 4) is 0 Å². The first kappa shape index (κ1) is 21.6. The van der Waals surface area contributed by atoms with Gasteiger partial charge in [0.05, 0.1) is 5.71 Å². The number of benzene rings is 1. The largest absolute Gasteiger partial charge is 0.411 e. The van der Waals surface area contributed by atoms with E-state index in [0.29, 0.717) is 6.54 Å². The molecule has 0 fully saturated rings. The summed E-state index contributed by atoms with van der Waals surface area (Å²) in [6, 6.07) is 6.28. The number of aliphatic imine (C=N–C) groups is 1. The van der Waals surface area contributed by atoms with Crippen molar-refractivity contribution in [2.24, 2.45) is 15.6 Å². The van der Waals surface area contributed by atoms with E-state index >= 15 is 0 Å². The Labute approximate surface area is 156 Å². The van der Waals surface area contributed by atoms with Gasteiger partial charge >= 0.3 is 0 Å². The van der Waals surface area contributed by atoms with Gasteiger partial charge in [-0.3, -0.25) is 4.99 Å². The van der Waals surface area contributed by atoms with Gasteiger partial charge in [-0.2, -0.15) is 0 Å². The van der Waals surface area contributed by atoms with E-state index < -0.39 is 0 Å². The van der Waals surface area contributed by atoms with Gasteiger partial charge in [-0.1, -0.05) is 44.3 Å². The molecule has 2 N–H and O–H groups in total. The number of hydrogen-bond donors (Lipinski definition) is 2. The maximum atomic E-state index is 13.0.